The minimum absolute atomic E-state index is 0.127. The molecule has 2 aromatic heterocycles. The molecule has 4 rings (SSSR count). The molecule has 0 radical (unpaired) electrons. The molecule has 6 heteroatoms. The van der Waals surface area contributed by atoms with Crippen LogP contribution >= 0.6 is 11.3 Å². The van der Waals surface area contributed by atoms with Gasteiger partial charge >= 0.3 is 0 Å². The highest BCUT2D eigenvalue weighted by molar-refractivity contribution is 7.15. The molecule has 0 N–H and O–H groups in total. The quantitative estimate of drug-likeness (QED) is 0.722. The topological polar surface area (TPSA) is 54.7 Å². The van der Waals surface area contributed by atoms with Crippen LogP contribution in [-0.2, 0) is 0 Å². The fraction of sp³-hybridized carbons (Fsp3) is 0.167. The van der Waals surface area contributed by atoms with Crippen molar-refractivity contribution in [2.75, 3.05) is 13.1 Å². The average molecular weight is 337 g/mol. The molecule has 3 heterocycles. The molecule has 0 atom stereocenters. The van der Waals surface area contributed by atoms with Gasteiger partial charge in [0.1, 0.15) is 5.56 Å². The molecular formula is C18H15N3O2S. The van der Waals surface area contributed by atoms with Gasteiger partial charge in [-0.15, -0.1) is 11.3 Å². The Bertz CT molecular complexity index is 988. The molecule has 0 saturated carbocycles. The van der Waals surface area contributed by atoms with Crippen molar-refractivity contribution in [1.82, 2.24) is 14.3 Å². The molecule has 1 amide bonds. The van der Waals surface area contributed by atoms with Gasteiger partial charge in [0, 0.05) is 30.9 Å². The number of carbonyl (C=O) groups excluding carboxylic acids is 1. The summed E-state index contributed by atoms with van der Waals surface area (Å²) < 4.78 is 1.42. The van der Waals surface area contributed by atoms with Gasteiger partial charge in [-0.25, -0.2) is 4.98 Å². The molecule has 0 fully saturated rings. The maximum Gasteiger partial charge on any atom is 0.271 e. The van der Waals surface area contributed by atoms with Crippen molar-refractivity contribution in [2.45, 2.75) is 6.42 Å². The molecule has 0 saturated heterocycles. The molecule has 24 heavy (non-hydrogen) atoms. The Morgan fingerprint density at radius 3 is 2.79 bits per heavy atom. The van der Waals surface area contributed by atoms with Crippen LogP contribution in [0.15, 0.2) is 59.0 Å². The van der Waals surface area contributed by atoms with Gasteiger partial charge in [0.05, 0.1) is 0 Å². The van der Waals surface area contributed by atoms with Crippen molar-refractivity contribution < 1.29 is 4.79 Å². The fourth-order valence-electron chi connectivity index (χ4n) is 2.91. The van der Waals surface area contributed by atoms with Gasteiger partial charge in [0.25, 0.3) is 11.5 Å². The van der Waals surface area contributed by atoms with Crippen LogP contribution in [0.4, 0.5) is 0 Å². The minimum atomic E-state index is -0.302. The van der Waals surface area contributed by atoms with E-state index >= 15 is 0 Å². The molecule has 0 bridgehead atoms. The molecule has 1 aliphatic rings. The molecule has 0 unspecified atom stereocenters. The zero-order chi connectivity index (χ0) is 16.5. The summed E-state index contributed by atoms with van der Waals surface area (Å²) in [6.07, 6.45) is 5.89. The van der Waals surface area contributed by atoms with E-state index in [1.807, 2.05) is 18.2 Å². The second-order valence-corrected chi connectivity index (χ2v) is 6.50. The van der Waals surface area contributed by atoms with E-state index in [4.69, 9.17) is 0 Å². The Hall–Kier alpha value is -2.73. The van der Waals surface area contributed by atoms with Gasteiger partial charge in [-0.3, -0.25) is 14.0 Å². The zero-order valence-corrected chi connectivity index (χ0v) is 13.7. The maximum atomic E-state index is 12.7. The third kappa shape index (κ3) is 2.55. The molecule has 0 spiro atoms. The van der Waals surface area contributed by atoms with E-state index < -0.39 is 0 Å². The Balaban J connectivity index is 1.58. The van der Waals surface area contributed by atoms with Crippen LogP contribution in [0.25, 0.3) is 10.5 Å². The van der Waals surface area contributed by atoms with Crippen LogP contribution < -0.4 is 5.56 Å². The third-order valence-corrected chi connectivity index (χ3v) is 4.98. The van der Waals surface area contributed by atoms with Gasteiger partial charge < -0.3 is 4.90 Å². The van der Waals surface area contributed by atoms with Gasteiger partial charge in [-0.2, -0.15) is 0 Å². The van der Waals surface area contributed by atoms with E-state index in [-0.39, 0.29) is 17.0 Å². The molecule has 0 aliphatic carbocycles. The highest BCUT2D eigenvalue weighted by atomic mass is 32.1. The van der Waals surface area contributed by atoms with E-state index in [9.17, 15) is 9.59 Å². The largest absolute Gasteiger partial charge is 0.334 e. The number of hydrogen-bond acceptors (Lipinski definition) is 4. The molecule has 5 nitrogen and oxygen atoms in total. The van der Waals surface area contributed by atoms with Crippen molar-refractivity contribution in [3.05, 3.63) is 75.7 Å². The zero-order valence-electron chi connectivity index (χ0n) is 12.9. The first-order chi connectivity index (χ1) is 11.7. The predicted molar refractivity (Wildman–Crippen MR) is 94.3 cm³/mol. The number of aromatic nitrogens is 2. The summed E-state index contributed by atoms with van der Waals surface area (Å²) >= 11 is 1.37. The number of fused-ring (bicyclic) bond motifs is 1. The number of benzene rings is 1. The lowest BCUT2D eigenvalue weighted by atomic mass is 9.99. The first kappa shape index (κ1) is 14.8. The van der Waals surface area contributed by atoms with Crippen molar-refractivity contribution >= 4 is 27.8 Å². The lowest BCUT2D eigenvalue weighted by molar-refractivity contribution is 0.0770. The Morgan fingerprint density at radius 2 is 2.04 bits per heavy atom. The highest BCUT2D eigenvalue weighted by Crippen LogP contribution is 2.22. The smallest absolute Gasteiger partial charge is 0.271 e. The number of nitrogens with zero attached hydrogens (tertiary/aromatic N) is 3. The fourth-order valence-corrected chi connectivity index (χ4v) is 3.58. The van der Waals surface area contributed by atoms with Crippen molar-refractivity contribution in [2.24, 2.45) is 0 Å². The molecule has 1 aliphatic heterocycles. The van der Waals surface area contributed by atoms with Crippen molar-refractivity contribution in [1.29, 1.82) is 0 Å². The Morgan fingerprint density at radius 1 is 1.21 bits per heavy atom. The first-order valence-electron chi connectivity index (χ1n) is 7.72. The predicted octanol–water partition coefficient (Wildman–Crippen LogP) is 2.69. The highest BCUT2D eigenvalue weighted by Gasteiger charge is 2.22. The number of rotatable bonds is 2. The summed E-state index contributed by atoms with van der Waals surface area (Å²) in [6.45, 7) is 1.11. The monoisotopic (exact) mass is 337 g/mol. The average Bonchev–Trinajstić information content (AvgIpc) is 3.12. The molecule has 120 valence electrons. The number of thiazole rings is 1. The second-order valence-electron chi connectivity index (χ2n) is 5.63. The summed E-state index contributed by atoms with van der Waals surface area (Å²) in [5, 5.41) is 1.79. The third-order valence-electron chi connectivity index (χ3n) is 4.21. The van der Waals surface area contributed by atoms with Crippen molar-refractivity contribution in [3.63, 3.8) is 0 Å². The SMILES string of the molecule is O=C(c1cnc2sccn2c1=O)N1CC=C(c2ccccc2)CC1. The second kappa shape index (κ2) is 6.05. The standard InChI is InChI=1S/C18H15N3O2S/c22-16(15-12-19-18-21(17(15)23)10-11-24-18)20-8-6-14(7-9-20)13-4-2-1-3-5-13/h1-6,10-12H,7-9H2. The van der Waals surface area contributed by atoms with Gasteiger partial charge in [0.2, 0.25) is 0 Å². The Labute approximate surface area is 142 Å². The normalized spacial score (nSPS) is 14.7. The number of hydrogen-bond donors (Lipinski definition) is 0. The minimum Gasteiger partial charge on any atom is -0.334 e. The van der Waals surface area contributed by atoms with E-state index in [0.29, 0.717) is 18.1 Å². The molecular weight excluding hydrogens is 322 g/mol. The van der Waals surface area contributed by atoms with Gasteiger partial charge in [0.15, 0.2) is 4.96 Å². The summed E-state index contributed by atoms with van der Waals surface area (Å²) in [4.78, 5) is 31.6. The van der Waals surface area contributed by atoms with Crippen LogP contribution in [0.2, 0.25) is 0 Å². The van der Waals surface area contributed by atoms with E-state index in [1.54, 1.807) is 16.5 Å². The van der Waals surface area contributed by atoms with Crippen LogP contribution in [0.3, 0.4) is 0 Å². The van der Waals surface area contributed by atoms with E-state index in [2.05, 4.69) is 23.2 Å². The van der Waals surface area contributed by atoms with Crippen LogP contribution in [0.1, 0.15) is 22.3 Å². The van der Waals surface area contributed by atoms with Crippen LogP contribution in [0.5, 0.6) is 0 Å². The molecule has 1 aromatic carbocycles. The number of carbonyl (C=O) groups is 1. The summed E-state index contributed by atoms with van der Waals surface area (Å²) in [5.74, 6) is -0.253. The Kier molecular flexibility index (Phi) is 3.74. The molecule has 3 aromatic rings. The van der Waals surface area contributed by atoms with Crippen LogP contribution in [-0.4, -0.2) is 33.3 Å². The summed E-state index contributed by atoms with van der Waals surface area (Å²) in [5.41, 5.74) is 2.25. The summed E-state index contributed by atoms with van der Waals surface area (Å²) in [7, 11) is 0. The lowest BCUT2D eigenvalue weighted by Crippen LogP contribution is -2.38. The maximum absolute atomic E-state index is 12.7. The van der Waals surface area contributed by atoms with E-state index in [0.717, 1.165) is 6.42 Å². The lowest BCUT2D eigenvalue weighted by Gasteiger charge is -2.26. The van der Waals surface area contributed by atoms with Gasteiger partial charge in [-0.05, 0) is 17.6 Å². The number of amides is 1. The van der Waals surface area contributed by atoms with E-state index in [1.165, 1.54) is 33.1 Å². The van der Waals surface area contributed by atoms with Crippen molar-refractivity contribution in [3.8, 4) is 0 Å². The summed E-state index contributed by atoms with van der Waals surface area (Å²) in [6, 6.07) is 10.2. The van der Waals surface area contributed by atoms with Gasteiger partial charge in [-0.1, -0.05) is 36.4 Å². The first-order valence-corrected chi connectivity index (χ1v) is 8.60. The van der Waals surface area contributed by atoms with Crippen LogP contribution in [0, 0.1) is 0 Å².